The standard InChI is InChI=1S/C29H34ClFN4O5/c1-17(2)24(32-25(36)21-14-18(3)6-9-23(21)31)26(37)34-12-10-29(11-13-34)27(38)33(4)28(39)35(29)16-19-7-8-20(40-5)15-22(19)30/h6-9,14-15,17,24H,10-13,16H2,1-5H3,(H,32,36)/t24-/m1/s1. The number of benzene rings is 2. The minimum Gasteiger partial charge on any atom is -0.497 e. The number of carbonyl (C=O) groups excluding carboxylic acids is 4. The van der Waals surface area contributed by atoms with E-state index < -0.39 is 29.3 Å². The number of ether oxygens (including phenoxy) is 1. The molecule has 0 radical (unpaired) electrons. The number of carbonyl (C=O) groups is 4. The van der Waals surface area contributed by atoms with Crippen molar-refractivity contribution in [2.45, 2.75) is 51.7 Å². The highest BCUT2D eigenvalue weighted by atomic mass is 35.5. The van der Waals surface area contributed by atoms with Crippen molar-refractivity contribution in [3.8, 4) is 5.75 Å². The van der Waals surface area contributed by atoms with Gasteiger partial charge in [0.05, 0.1) is 19.2 Å². The number of hydrogen-bond donors (Lipinski definition) is 1. The van der Waals surface area contributed by atoms with Crippen LogP contribution in [0.15, 0.2) is 36.4 Å². The SMILES string of the molecule is COc1ccc(CN2C(=O)N(C)C(=O)C23CCN(C(=O)[C@H](NC(=O)c2cc(C)ccc2F)C(C)C)CC3)c(Cl)c1. The summed E-state index contributed by atoms with van der Waals surface area (Å²) < 4.78 is 19.5. The number of nitrogens with zero attached hydrogens (tertiary/aromatic N) is 3. The molecule has 0 aromatic heterocycles. The summed E-state index contributed by atoms with van der Waals surface area (Å²) in [5.74, 6) is -1.66. The quantitative estimate of drug-likeness (QED) is 0.506. The number of halogens is 2. The molecular weight excluding hydrogens is 539 g/mol. The van der Waals surface area contributed by atoms with Crippen LogP contribution in [0.5, 0.6) is 5.75 Å². The van der Waals surface area contributed by atoms with E-state index in [2.05, 4.69) is 5.32 Å². The fourth-order valence-corrected chi connectivity index (χ4v) is 5.60. The van der Waals surface area contributed by atoms with Crippen molar-refractivity contribution >= 4 is 35.4 Å². The second kappa shape index (κ2) is 11.4. The summed E-state index contributed by atoms with van der Waals surface area (Å²) in [6, 6.07) is 8.07. The van der Waals surface area contributed by atoms with E-state index in [1.54, 1.807) is 49.9 Å². The maximum atomic E-state index is 14.3. The monoisotopic (exact) mass is 572 g/mol. The lowest BCUT2D eigenvalue weighted by Crippen LogP contribution is -2.60. The largest absolute Gasteiger partial charge is 0.497 e. The number of hydrogen-bond acceptors (Lipinski definition) is 5. The molecular formula is C29H34ClFN4O5. The van der Waals surface area contributed by atoms with Crippen molar-refractivity contribution in [2.24, 2.45) is 5.92 Å². The number of likely N-dealkylation sites (tertiary alicyclic amines) is 1. The third-order valence-corrected chi connectivity index (χ3v) is 8.17. The van der Waals surface area contributed by atoms with Crippen LogP contribution in [0.3, 0.4) is 0 Å². The molecule has 0 bridgehead atoms. The highest BCUT2D eigenvalue weighted by molar-refractivity contribution is 6.31. The fourth-order valence-electron chi connectivity index (χ4n) is 5.37. The molecule has 2 aromatic rings. The molecule has 2 heterocycles. The highest BCUT2D eigenvalue weighted by Gasteiger charge is 2.57. The smallest absolute Gasteiger partial charge is 0.327 e. The van der Waals surface area contributed by atoms with Gasteiger partial charge in [-0.15, -0.1) is 0 Å². The second-order valence-corrected chi connectivity index (χ2v) is 11.1. The number of rotatable bonds is 7. The van der Waals surface area contributed by atoms with Crippen LogP contribution in [0.25, 0.3) is 0 Å². The Labute approximate surface area is 238 Å². The van der Waals surface area contributed by atoms with Gasteiger partial charge in [0.1, 0.15) is 23.1 Å². The first kappa shape index (κ1) is 29.3. The topological polar surface area (TPSA) is 99.3 Å². The number of methoxy groups -OCH3 is 1. The zero-order valence-corrected chi connectivity index (χ0v) is 24.0. The number of urea groups is 1. The van der Waals surface area contributed by atoms with Gasteiger partial charge in [0, 0.05) is 25.2 Å². The molecule has 2 aliphatic rings. The number of piperidine rings is 1. The van der Waals surface area contributed by atoms with Crippen LogP contribution in [0.4, 0.5) is 9.18 Å². The van der Waals surface area contributed by atoms with Crippen molar-refractivity contribution in [2.75, 3.05) is 27.2 Å². The van der Waals surface area contributed by atoms with E-state index in [4.69, 9.17) is 16.3 Å². The van der Waals surface area contributed by atoms with Crippen LogP contribution in [0.2, 0.25) is 5.02 Å². The molecule has 0 aliphatic carbocycles. The summed E-state index contributed by atoms with van der Waals surface area (Å²) in [6.45, 7) is 5.89. The van der Waals surface area contributed by atoms with Gasteiger partial charge < -0.3 is 19.9 Å². The molecule has 0 saturated carbocycles. The first-order valence-electron chi connectivity index (χ1n) is 13.2. The molecule has 1 N–H and O–H groups in total. The molecule has 5 amide bonds. The average molecular weight is 573 g/mol. The van der Waals surface area contributed by atoms with Crippen LogP contribution in [-0.2, 0) is 16.1 Å². The molecule has 9 nitrogen and oxygen atoms in total. The van der Waals surface area contributed by atoms with E-state index in [1.165, 1.54) is 31.2 Å². The van der Waals surface area contributed by atoms with E-state index in [1.807, 2.05) is 0 Å². The molecule has 214 valence electrons. The van der Waals surface area contributed by atoms with Crippen molar-refractivity contribution in [3.05, 3.63) is 63.9 Å². The third kappa shape index (κ3) is 5.37. The number of imide groups is 1. The van der Waals surface area contributed by atoms with E-state index in [0.717, 1.165) is 10.5 Å². The first-order valence-corrected chi connectivity index (χ1v) is 13.6. The van der Waals surface area contributed by atoms with Crippen molar-refractivity contribution in [1.29, 1.82) is 0 Å². The van der Waals surface area contributed by atoms with Crippen LogP contribution in [0.1, 0.15) is 48.2 Å². The lowest BCUT2D eigenvalue weighted by atomic mass is 9.85. The van der Waals surface area contributed by atoms with Gasteiger partial charge in [-0.1, -0.05) is 43.1 Å². The Bertz CT molecular complexity index is 1340. The number of nitrogens with one attached hydrogen (secondary N) is 1. The van der Waals surface area contributed by atoms with Crippen molar-refractivity contribution in [1.82, 2.24) is 20.0 Å². The predicted molar refractivity (Wildman–Crippen MR) is 147 cm³/mol. The van der Waals surface area contributed by atoms with Gasteiger partial charge in [-0.2, -0.15) is 0 Å². The fraction of sp³-hybridized carbons (Fsp3) is 0.448. The van der Waals surface area contributed by atoms with Crippen LogP contribution >= 0.6 is 11.6 Å². The normalized spacial score (nSPS) is 17.6. The maximum absolute atomic E-state index is 14.3. The van der Waals surface area contributed by atoms with E-state index in [9.17, 15) is 23.6 Å². The van der Waals surface area contributed by atoms with Crippen LogP contribution in [-0.4, -0.2) is 77.3 Å². The highest BCUT2D eigenvalue weighted by Crippen LogP contribution is 2.39. The first-order chi connectivity index (χ1) is 18.9. The Hall–Kier alpha value is -3.66. The van der Waals surface area contributed by atoms with Gasteiger partial charge in [-0.3, -0.25) is 19.3 Å². The summed E-state index contributed by atoms with van der Waals surface area (Å²) in [4.78, 5) is 57.2. The molecule has 4 rings (SSSR count). The van der Waals surface area contributed by atoms with Gasteiger partial charge in [-0.25, -0.2) is 9.18 Å². The minimum atomic E-state index is -1.12. The van der Waals surface area contributed by atoms with Gasteiger partial charge in [0.15, 0.2) is 0 Å². The number of amides is 5. The van der Waals surface area contributed by atoms with Gasteiger partial charge in [0.25, 0.3) is 11.8 Å². The Morgan fingerprint density at radius 3 is 2.40 bits per heavy atom. The van der Waals surface area contributed by atoms with E-state index in [0.29, 0.717) is 16.3 Å². The summed E-state index contributed by atoms with van der Waals surface area (Å²) in [5.41, 5.74) is 0.152. The maximum Gasteiger partial charge on any atom is 0.327 e. The lowest BCUT2D eigenvalue weighted by molar-refractivity contribution is -0.142. The van der Waals surface area contributed by atoms with Crippen LogP contribution in [0, 0.1) is 18.7 Å². The zero-order chi connectivity index (χ0) is 29.4. The molecule has 2 aliphatic heterocycles. The summed E-state index contributed by atoms with van der Waals surface area (Å²) in [5, 5.41) is 3.12. The molecule has 2 aromatic carbocycles. The Balaban J connectivity index is 1.51. The predicted octanol–water partition coefficient (Wildman–Crippen LogP) is 4.01. The van der Waals surface area contributed by atoms with E-state index >= 15 is 0 Å². The number of likely N-dealkylation sites (N-methyl/N-ethyl adjacent to an activating group) is 1. The molecule has 2 fully saturated rings. The molecule has 1 spiro atoms. The third-order valence-electron chi connectivity index (χ3n) is 7.81. The summed E-state index contributed by atoms with van der Waals surface area (Å²) >= 11 is 6.44. The zero-order valence-electron chi connectivity index (χ0n) is 23.3. The molecule has 0 unspecified atom stereocenters. The minimum absolute atomic E-state index is 0.123. The Morgan fingerprint density at radius 2 is 1.80 bits per heavy atom. The Kier molecular flexibility index (Phi) is 8.39. The molecule has 40 heavy (non-hydrogen) atoms. The number of aryl methyl sites for hydroxylation is 1. The van der Waals surface area contributed by atoms with Crippen molar-refractivity contribution in [3.63, 3.8) is 0 Å². The molecule has 2 saturated heterocycles. The second-order valence-electron chi connectivity index (χ2n) is 10.7. The average Bonchev–Trinajstić information content (AvgIpc) is 3.09. The van der Waals surface area contributed by atoms with Crippen LogP contribution < -0.4 is 10.1 Å². The summed E-state index contributed by atoms with van der Waals surface area (Å²) in [6.07, 6.45) is 0.458. The van der Waals surface area contributed by atoms with Gasteiger partial charge in [0.2, 0.25) is 5.91 Å². The molecule has 1 atom stereocenters. The van der Waals surface area contributed by atoms with Gasteiger partial charge >= 0.3 is 6.03 Å². The summed E-state index contributed by atoms with van der Waals surface area (Å²) in [7, 11) is 2.98. The van der Waals surface area contributed by atoms with Gasteiger partial charge in [-0.05, 0) is 55.5 Å². The van der Waals surface area contributed by atoms with Crippen molar-refractivity contribution < 1.29 is 28.3 Å². The lowest BCUT2D eigenvalue weighted by Gasteiger charge is -2.43. The van der Waals surface area contributed by atoms with E-state index in [-0.39, 0.29) is 55.8 Å². The Morgan fingerprint density at radius 1 is 1.12 bits per heavy atom. The molecule has 11 heteroatoms.